The lowest BCUT2D eigenvalue weighted by molar-refractivity contribution is -0.0512. The lowest BCUT2D eigenvalue weighted by atomic mass is 9.92. The molecule has 0 bridgehead atoms. The van der Waals surface area contributed by atoms with E-state index >= 15 is 0 Å². The molecule has 0 radical (unpaired) electrons. The lowest BCUT2D eigenvalue weighted by Gasteiger charge is -2.28. The molecule has 1 atom stereocenters. The molecule has 84 valence electrons. The molecule has 0 spiro atoms. The molecule has 1 aliphatic rings. The Bertz CT molecular complexity index is 335. The first-order chi connectivity index (χ1) is 7.11. The van der Waals surface area contributed by atoms with E-state index in [4.69, 9.17) is 5.73 Å². The van der Waals surface area contributed by atoms with Crippen LogP contribution in [0.15, 0.2) is 12.4 Å². The minimum atomic E-state index is -2.53. The third-order valence-electron chi connectivity index (χ3n) is 2.88. The van der Waals surface area contributed by atoms with E-state index < -0.39 is 5.92 Å². The smallest absolute Gasteiger partial charge is 0.250 e. The highest BCUT2D eigenvalue weighted by Gasteiger charge is 2.37. The van der Waals surface area contributed by atoms with Crippen LogP contribution >= 0.6 is 0 Å². The molecule has 2 N–H and O–H groups in total. The van der Waals surface area contributed by atoms with Crippen molar-refractivity contribution in [1.29, 1.82) is 0 Å². The van der Waals surface area contributed by atoms with Gasteiger partial charge in [-0.1, -0.05) is 0 Å². The van der Waals surface area contributed by atoms with E-state index in [2.05, 4.69) is 5.10 Å². The third kappa shape index (κ3) is 2.34. The van der Waals surface area contributed by atoms with Gasteiger partial charge in [-0.15, -0.1) is 0 Å². The number of halogens is 2. The summed E-state index contributed by atoms with van der Waals surface area (Å²) in [6, 6.07) is -0.172. The SMILES string of the molecule is NCc1cnn(C2CCCC(F)(F)C2)c1. The molecule has 1 aliphatic carbocycles. The molecule has 2 rings (SSSR count). The van der Waals surface area contributed by atoms with Crippen LogP contribution in [-0.4, -0.2) is 15.7 Å². The summed E-state index contributed by atoms with van der Waals surface area (Å²) in [6.07, 6.45) is 4.67. The minimum Gasteiger partial charge on any atom is -0.326 e. The first-order valence-electron chi connectivity index (χ1n) is 5.22. The summed E-state index contributed by atoms with van der Waals surface area (Å²) in [5.74, 6) is -2.53. The second kappa shape index (κ2) is 3.89. The van der Waals surface area contributed by atoms with Crippen molar-refractivity contribution in [2.45, 2.75) is 44.2 Å². The van der Waals surface area contributed by atoms with Crippen LogP contribution in [0.4, 0.5) is 8.78 Å². The van der Waals surface area contributed by atoms with E-state index in [1.807, 2.05) is 0 Å². The average molecular weight is 215 g/mol. The Morgan fingerprint density at radius 3 is 3.00 bits per heavy atom. The largest absolute Gasteiger partial charge is 0.326 e. The molecular formula is C10H15F2N3. The minimum absolute atomic E-state index is 0.00845. The van der Waals surface area contributed by atoms with E-state index in [9.17, 15) is 8.78 Å². The van der Waals surface area contributed by atoms with Gasteiger partial charge in [-0.2, -0.15) is 5.10 Å². The summed E-state index contributed by atoms with van der Waals surface area (Å²) in [6.45, 7) is 0.406. The highest BCUT2D eigenvalue weighted by atomic mass is 19.3. The summed E-state index contributed by atoms with van der Waals surface area (Å²) < 4.78 is 28.0. The van der Waals surface area contributed by atoms with Crippen LogP contribution < -0.4 is 5.73 Å². The zero-order valence-electron chi connectivity index (χ0n) is 8.50. The third-order valence-corrected chi connectivity index (χ3v) is 2.88. The maximum atomic E-state index is 13.2. The highest BCUT2D eigenvalue weighted by Crippen LogP contribution is 2.38. The van der Waals surface area contributed by atoms with Gasteiger partial charge in [0.2, 0.25) is 5.92 Å². The van der Waals surface area contributed by atoms with Crippen LogP contribution in [0.25, 0.3) is 0 Å². The second-order valence-corrected chi connectivity index (χ2v) is 4.14. The number of nitrogens with two attached hydrogens (primary N) is 1. The predicted molar refractivity (Wildman–Crippen MR) is 52.6 cm³/mol. The van der Waals surface area contributed by atoms with Crippen molar-refractivity contribution in [1.82, 2.24) is 9.78 Å². The monoisotopic (exact) mass is 215 g/mol. The topological polar surface area (TPSA) is 43.8 Å². The maximum absolute atomic E-state index is 13.2. The van der Waals surface area contributed by atoms with Gasteiger partial charge in [0.15, 0.2) is 0 Å². The Morgan fingerprint density at radius 1 is 1.60 bits per heavy atom. The zero-order valence-corrected chi connectivity index (χ0v) is 8.50. The Morgan fingerprint density at radius 2 is 2.40 bits per heavy atom. The summed E-state index contributed by atoms with van der Waals surface area (Å²) in [7, 11) is 0. The lowest BCUT2D eigenvalue weighted by Crippen LogP contribution is -2.28. The van der Waals surface area contributed by atoms with Gasteiger partial charge < -0.3 is 5.73 Å². The van der Waals surface area contributed by atoms with Crippen molar-refractivity contribution < 1.29 is 8.78 Å². The normalized spacial score (nSPS) is 25.4. The summed E-state index contributed by atoms with van der Waals surface area (Å²) in [5.41, 5.74) is 6.34. The van der Waals surface area contributed by atoms with Crippen molar-refractivity contribution in [3.05, 3.63) is 18.0 Å². The first kappa shape index (κ1) is 10.5. The molecule has 1 unspecified atom stereocenters. The molecule has 1 aromatic heterocycles. The van der Waals surface area contributed by atoms with E-state index in [-0.39, 0.29) is 18.9 Å². The molecular weight excluding hydrogens is 200 g/mol. The Kier molecular flexibility index (Phi) is 2.73. The molecule has 1 fully saturated rings. The van der Waals surface area contributed by atoms with Crippen LogP contribution in [0.2, 0.25) is 0 Å². The number of hydrogen-bond donors (Lipinski definition) is 1. The number of aromatic nitrogens is 2. The molecule has 0 aliphatic heterocycles. The van der Waals surface area contributed by atoms with Crippen molar-refractivity contribution in [2.75, 3.05) is 0 Å². The molecule has 3 nitrogen and oxygen atoms in total. The van der Waals surface area contributed by atoms with Gasteiger partial charge in [-0.05, 0) is 12.8 Å². The van der Waals surface area contributed by atoms with E-state index in [0.717, 1.165) is 12.0 Å². The van der Waals surface area contributed by atoms with Gasteiger partial charge >= 0.3 is 0 Å². The van der Waals surface area contributed by atoms with Gasteiger partial charge in [0.25, 0.3) is 0 Å². The zero-order chi connectivity index (χ0) is 10.9. The van der Waals surface area contributed by atoms with Crippen LogP contribution in [-0.2, 0) is 6.54 Å². The molecule has 0 saturated heterocycles. The van der Waals surface area contributed by atoms with E-state index in [1.165, 1.54) is 0 Å². The first-order valence-corrected chi connectivity index (χ1v) is 5.22. The van der Waals surface area contributed by atoms with Crippen LogP contribution in [0, 0.1) is 0 Å². The molecule has 0 amide bonds. The summed E-state index contributed by atoms with van der Waals surface area (Å²) in [5, 5.41) is 4.08. The highest BCUT2D eigenvalue weighted by molar-refractivity contribution is 5.03. The fraction of sp³-hybridized carbons (Fsp3) is 0.700. The van der Waals surface area contributed by atoms with Gasteiger partial charge in [0.1, 0.15) is 0 Å². The quantitative estimate of drug-likeness (QED) is 0.821. The van der Waals surface area contributed by atoms with E-state index in [1.54, 1.807) is 17.1 Å². The van der Waals surface area contributed by atoms with Crippen molar-refractivity contribution in [2.24, 2.45) is 5.73 Å². The van der Waals surface area contributed by atoms with Crippen molar-refractivity contribution in [3.8, 4) is 0 Å². The van der Waals surface area contributed by atoms with Crippen LogP contribution in [0.1, 0.15) is 37.3 Å². The van der Waals surface area contributed by atoms with Crippen LogP contribution in [0.3, 0.4) is 0 Å². The second-order valence-electron chi connectivity index (χ2n) is 4.14. The number of rotatable bonds is 2. The van der Waals surface area contributed by atoms with Gasteiger partial charge in [-0.3, -0.25) is 4.68 Å². The maximum Gasteiger partial charge on any atom is 0.250 e. The van der Waals surface area contributed by atoms with Gasteiger partial charge in [0, 0.05) is 31.1 Å². The fourth-order valence-electron chi connectivity index (χ4n) is 2.05. The molecule has 1 aromatic rings. The molecule has 0 aromatic carbocycles. The predicted octanol–water partition coefficient (Wildman–Crippen LogP) is 2.09. The molecule has 1 saturated carbocycles. The summed E-state index contributed by atoms with van der Waals surface area (Å²) >= 11 is 0. The number of alkyl halides is 2. The average Bonchev–Trinajstić information content (AvgIpc) is 2.64. The molecule has 5 heteroatoms. The van der Waals surface area contributed by atoms with Gasteiger partial charge in [0.05, 0.1) is 12.2 Å². The Labute approximate surface area is 87.3 Å². The Hall–Kier alpha value is -0.970. The standard InChI is InChI=1S/C10H15F2N3/c11-10(12)3-1-2-9(4-10)15-7-8(5-13)6-14-15/h6-7,9H,1-5,13H2. The van der Waals surface area contributed by atoms with Crippen LogP contribution in [0.5, 0.6) is 0 Å². The number of hydrogen-bond acceptors (Lipinski definition) is 2. The number of nitrogens with zero attached hydrogens (tertiary/aromatic N) is 2. The molecule has 1 heterocycles. The Balaban J connectivity index is 2.10. The van der Waals surface area contributed by atoms with Gasteiger partial charge in [-0.25, -0.2) is 8.78 Å². The van der Waals surface area contributed by atoms with Crippen molar-refractivity contribution >= 4 is 0 Å². The fourth-order valence-corrected chi connectivity index (χ4v) is 2.05. The van der Waals surface area contributed by atoms with E-state index in [0.29, 0.717) is 13.0 Å². The summed E-state index contributed by atoms with van der Waals surface area (Å²) in [4.78, 5) is 0. The molecule has 15 heavy (non-hydrogen) atoms. The van der Waals surface area contributed by atoms with Crippen molar-refractivity contribution in [3.63, 3.8) is 0 Å².